The fourth-order valence-electron chi connectivity index (χ4n) is 4.01. The van der Waals surface area contributed by atoms with Gasteiger partial charge in [0, 0.05) is 35.0 Å². The lowest BCUT2D eigenvalue weighted by Crippen LogP contribution is -2.28. The zero-order valence-corrected chi connectivity index (χ0v) is 20.6. The van der Waals surface area contributed by atoms with Crippen molar-refractivity contribution in [3.63, 3.8) is 0 Å². The number of sulfonamides is 1. The topological polar surface area (TPSA) is 137 Å². The van der Waals surface area contributed by atoms with Crippen molar-refractivity contribution in [2.45, 2.75) is 31.9 Å². The van der Waals surface area contributed by atoms with Crippen molar-refractivity contribution in [2.75, 3.05) is 7.11 Å². The molecule has 0 aliphatic heterocycles. The SMILES string of the molecule is COc1c(C(C)(C)C)cc(-n2ccc(=O)[nH]c2=O)c2ncc(-c3ccc(CS(N)(=O)=O)cc3)cc12. The highest BCUT2D eigenvalue weighted by atomic mass is 32.2. The highest BCUT2D eigenvalue weighted by Gasteiger charge is 2.24. The van der Waals surface area contributed by atoms with E-state index in [2.05, 4.69) is 9.97 Å². The summed E-state index contributed by atoms with van der Waals surface area (Å²) in [6, 6.07) is 12.1. The molecule has 0 aliphatic rings. The summed E-state index contributed by atoms with van der Waals surface area (Å²) in [6.45, 7) is 6.12. The largest absolute Gasteiger partial charge is 0.496 e. The van der Waals surface area contributed by atoms with Gasteiger partial charge in [0.1, 0.15) is 5.75 Å². The van der Waals surface area contributed by atoms with Crippen molar-refractivity contribution in [1.82, 2.24) is 14.5 Å². The normalized spacial score (nSPS) is 12.1. The van der Waals surface area contributed by atoms with E-state index in [-0.39, 0.29) is 11.2 Å². The molecular formula is C25H26N4O5S. The van der Waals surface area contributed by atoms with E-state index in [1.807, 2.05) is 32.9 Å². The van der Waals surface area contributed by atoms with Crippen molar-refractivity contribution in [3.8, 4) is 22.6 Å². The molecule has 0 amide bonds. The number of pyridine rings is 1. The average molecular weight is 495 g/mol. The molecule has 0 aliphatic carbocycles. The Labute approximate surface area is 202 Å². The Hall–Kier alpha value is -3.76. The molecule has 0 unspecified atom stereocenters. The van der Waals surface area contributed by atoms with Crippen molar-refractivity contribution < 1.29 is 13.2 Å². The van der Waals surface area contributed by atoms with E-state index < -0.39 is 21.3 Å². The van der Waals surface area contributed by atoms with Crippen molar-refractivity contribution >= 4 is 20.9 Å². The number of benzene rings is 2. The molecule has 4 aromatic rings. The van der Waals surface area contributed by atoms with Crippen LogP contribution in [0.2, 0.25) is 0 Å². The summed E-state index contributed by atoms with van der Waals surface area (Å²) >= 11 is 0. The van der Waals surface area contributed by atoms with Gasteiger partial charge in [-0.1, -0.05) is 45.0 Å². The number of rotatable bonds is 5. The molecule has 10 heteroatoms. The Bertz CT molecular complexity index is 1650. The molecule has 0 saturated heterocycles. The number of hydrogen-bond acceptors (Lipinski definition) is 6. The molecule has 2 heterocycles. The smallest absolute Gasteiger partial charge is 0.332 e. The standard InChI is InChI=1S/C25H26N4O5S/c1-25(2,3)19-12-20(29-10-9-21(30)28-24(29)31)22-18(23(19)34-4)11-17(13-27-22)16-7-5-15(6-8-16)14-35(26,32)33/h5-13H,14H2,1-4H3,(H2,26,32,33)(H,28,30,31). The third-order valence-electron chi connectivity index (χ3n) is 5.65. The van der Waals surface area contributed by atoms with Gasteiger partial charge < -0.3 is 4.74 Å². The Balaban J connectivity index is 1.97. The van der Waals surface area contributed by atoms with Crippen molar-refractivity contribution in [3.05, 3.63) is 86.8 Å². The van der Waals surface area contributed by atoms with Gasteiger partial charge in [-0.2, -0.15) is 0 Å². The first-order valence-electron chi connectivity index (χ1n) is 10.8. The van der Waals surface area contributed by atoms with E-state index >= 15 is 0 Å². The zero-order valence-electron chi connectivity index (χ0n) is 19.8. The fourth-order valence-corrected chi connectivity index (χ4v) is 4.67. The summed E-state index contributed by atoms with van der Waals surface area (Å²) in [4.78, 5) is 31.2. The average Bonchev–Trinajstić information content (AvgIpc) is 2.76. The van der Waals surface area contributed by atoms with Crippen LogP contribution >= 0.6 is 0 Å². The zero-order chi connectivity index (χ0) is 25.5. The highest BCUT2D eigenvalue weighted by Crippen LogP contribution is 2.40. The number of hydrogen-bond donors (Lipinski definition) is 2. The number of H-pyrrole nitrogens is 1. The number of methoxy groups -OCH3 is 1. The third-order valence-corrected chi connectivity index (χ3v) is 6.39. The van der Waals surface area contributed by atoms with Crippen LogP contribution < -0.4 is 21.1 Å². The molecule has 2 aromatic heterocycles. The minimum atomic E-state index is -3.63. The molecule has 9 nitrogen and oxygen atoms in total. The van der Waals surface area contributed by atoms with E-state index in [1.54, 1.807) is 37.6 Å². The molecule has 182 valence electrons. The first-order chi connectivity index (χ1) is 16.4. The van der Waals surface area contributed by atoms with Crippen LogP contribution in [0.5, 0.6) is 5.75 Å². The summed E-state index contributed by atoms with van der Waals surface area (Å²) in [5, 5.41) is 5.84. The van der Waals surface area contributed by atoms with Gasteiger partial charge in [0.25, 0.3) is 5.56 Å². The Morgan fingerprint density at radius 1 is 1.06 bits per heavy atom. The highest BCUT2D eigenvalue weighted by molar-refractivity contribution is 7.88. The first-order valence-corrected chi connectivity index (χ1v) is 12.5. The van der Waals surface area contributed by atoms with Gasteiger partial charge in [-0.3, -0.25) is 19.3 Å². The lowest BCUT2D eigenvalue weighted by Gasteiger charge is -2.25. The van der Waals surface area contributed by atoms with Gasteiger partial charge in [-0.25, -0.2) is 18.4 Å². The van der Waals surface area contributed by atoms with E-state index in [0.717, 1.165) is 16.7 Å². The van der Waals surface area contributed by atoms with Gasteiger partial charge in [0.05, 0.1) is 24.1 Å². The molecule has 0 saturated carbocycles. The number of primary sulfonamides is 1. The number of nitrogens with zero attached hydrogens (tertiary/aromatic N) is 2. The van der Waals surface area contributed by atoms with Crippen LogP contribution in [-0.2, 0) is 21.2 Å². The predicted octanol–water partition coefficient (Wildman–Crippen LogP) is 2.84. The summed E-state index contributed by atoms with van der Waals surface area (Å²) in [6.07, 6.45) is 3.10. The molecular weight excluding hydrogens is 468 g/mol. The summed E-state index contributed by atoms with van der Waals surface area (Å²) in [7, 11) is -2.04. The molecule has 3 N–H and O–H groups in total. The van der Waals surface area contributed by atoms with Gasteiger partial charge >= 0.3 is 5.69 Å². The molecule has 0 radical (unpaired) electrons. The number of fused-ring (bicyclic) bond motifs is 1. The molecule has 4 rings (SSSR count). The Morgan fingerprint density at radius 2 is 1.74 bits per heavy atom. The quantitative estimate of drug-likeness (QED) is 0.438. The Morgan fingerprint density at radius 3 is 2.31 bits per heavy atom. The number of nitrogens with two attached hydrogens (primary N) is 1. The van der Waals surface area contributed by atoms with Crippen LogP contribution in [0.3, 0.4) is 0 Å². The molecule has 35 heavy (non-hydrogen) atoms. The third kappa shape index (κ3) is 5.03. The Kier molecular flexibility index (Phi) is 6.12. The minimum absolute atomic E-state index is 0.247. The molecule has 0 bridgehead atoms. The second-order valence-electron chi connectivity index (χ2n) is 9.33. The van der Waals surface area contributed by atoms with Gasteiger partial charge in [-0.05, 0) is 28.7 Å². The summed E-state index contributed by atoms with van der Waals surface area (Å²) < 4.78 is 30.0. The van der Waals surface area contributed by atoms with Gasteiger partial charge in [0.15, 0.2) is 0 Å². The maximum absolute atomic E-state index is 12.6. The van der Waals surface area contributed by atoms with Crippen LogP contribution in [0.4, 0.5) is 0 Å². The molecule has 2 aromatic carbocycles. The number of aromatic nitrogens is 3. The maximum atomic E-state index is 12.6. The summed E-state index contributed by atoms with van der Waals surface area (Å²) in [5.41, 5.74) is 2.71. The fraction of sp³-hybridized carbons (Fsp3) is 0.240. The molecule has 0 atom stereocenters. The first kappa shape index (κ1) is 24.4. The second kappa shape index (κ2) is 8.79. The second-order valence-corrected chi connectivity index (χ2v) is 10.9. The lowest BCUT2D eigenvalue weighted by atomic mass is 9.84. The number of ether oxygens (including phenoxy) is 1. The van der Waals surface area contributed by atoms with Gasteiger partial charge in [0.2, 0.25) is 10.0 Å². The van der Waals surface area contributed by atoms with E-state index in [9.17, 15) is 18.0 Å². The van der Waals surface area contributed by atoms with Gasteiger partial charge in [-0.15, -0.1) is 0 Å². The van der Waals surface area contributed by atoms with Crippen molar-refractivity contribution in [2.24, 2.45) is 5.14 Å². The predicted molar refractivity (Wildman–Crippen MR) is 135 cm³/mol. The monoisotopic (exact) mass is 494 g/mol. The van der Waals surface area contributed by atoms with E-state index in [0.29, 0.717) is 27.9 Å². The van der Waals surface area contributed by atoms with Crippen LogP contribution in [-0.4, -0.2) is 30.1 Å². The lowest BCUT2D eigenvalue weighted by molar-refractivity contribution is 0.402. The molecule has 0 fully saturated rings. The van der Waals surface area contributed by atoms with Crippen molar-refractivity contribution in [1.29, 1.82) is 0 Å². The molecule has 0 spiro atoms. The van der Waals surface area contributed by atoms with E-state index in [4.69, 9.17) is 9.88 Å². The maximum Gasteiger partial charge on any atom is 0.332 e. The minimum Gasteiger partial charge on any atom is -0.496 e. The number of nitrogens with one attached hydrogen (secondary N) is 1. The summed E-state index contributed by atoms with van der Waals surface area (Å²) in [5.74, 6) is 0.387. The number of aromatic amines is 1. The van der Waals surface area contributed by atoms with Crippen LogP contribution in [0, 0.1) is 0 Å². The van der Waals surface area contributed by atoms with Crippen LogP contribution in [0.25, 0.3) is 27.7 Å². The van der Waals surface area contributed by atoms with E-state index in [1.165, 1.54) is 16.8 Å². The van der Waals surface area contributed by atoms with Crippen LogP contribution in [0.1, 0.15) is 31.9 Å². The van der Waals surface area contributed by atoms with Crippen LogP contribution in [0.15, 0.2) is 64.4 Å².